The van der Waals surface area contributed by atoms with E-state index in [9.17, 15) is 4.79 Å². The first-order valence-corrected chi connectivity index (χ1v) is 11.5. The molecule has 1 aromatic rings. The number of benzene rings is 1. The third kappa shape index (κ3) is 4.92. The first-order chi connectivity index (χ1) is 13.5. The van der Waals surface area contributed by atoms with Gasteiger partial charge in [0.2, 0.25) is 5.91 Å². The van der Waals surface area contributed by atoms with Crippen LogP contribution in [-0.2, 0) is 4.79 Å². The topological polar surface area (TPSA) is 36.0 Å². The normalized spacial score (nSPS) is 22.9. The Kier molecular flexibility index (Phi) is 7.46. The van der Waals surface area contributed by atoms with Crippen LogP contribution in [0.2, 0.25) is 0 Å². The number of carbonyl (C=O) groups is 1. The second-order valence-electron chi connectivity index (χ2n) is 7.63. The summed E-state index contributed by atoms with van der Waals surface area (Å²) >= 11 is 7.18. The van der Waals surface area contributed by atoms with Crippen LogP contribution in [0, 0.1) is 0 Å². The number of piperidine rings is 1. The molecule has 2 aliphatic heterocycles. The highest BCUT2D eigenvalue weighted by molar-refractivity contribution is 8.23. The van der Waals surface area contributed by atoms with Gasteiger partial charge >= 0.3 is 0 Å². The molecule has 5 nitrogen and oxygen atoms in total. The van der Waals surface area contributed by atoms with Crippen molar-refractivity contribution in [1.82, 2.24) is 9.80 Å². The Bertz CT molecular complexity index is 682. The number of piperazine rings is 1. The molecule has 0 bridgehead atoms. The molecule has 0 saturated carbocycles. The summed E-state index contributed by atoms with van der Waals surface area (Å²) < 4.78 is 6.34. The number of hydrogen-bond acceptors (Lipinski definition) is 5. The zero-order chi connectivity index (χ0) is 20.1. The maximum absolute atomic E-state index is 12.7. The molecule has 0 N–H and O–H groups in total. The summed E-state index contributed by atoms with van der Waals surface area (Å²) in [5.41, 5.74) is 1.10. The van der Waals surface area contributed by atoms with E-state index in [0.29, 0.717) is 17.8 Å². The molecular weight excluding hydrogens is 390 g/mol. The second-order valence-corrected chi connectivity index (χ2v) is 9.24. The third-order valence-corrected chi connectivity index (χ3v) is 7.20. The molecule has 2 heterocycles. The molecule has 0 spiro atoms. The maximum Gasteiger partial charge on any atom is 0.233 e. The average Bonchev–Trinajstić information content (AvgIpc) is 2.72. The second kappa shape index (κ2) is 9.83. The quantitative estimate of drug-likeness (QED) is 0.691. The molecule has 0 aliphatic carbocycles. The molecule has 2 saturated heterocycles. The van der Waals surface area contributed by atoms with Crippen LogP contribution >= 0.6 is 24.0 Å². The van der Waals surface area contributed by atoms with E-state index in [1.165, 1.54) is 31.0 Å². The van der Waals surface area contributed by atoms with Crippen LogP contribution in [0.25, 0.3) is 0 Å². The molecular formula is C21H31N3O2S2. The number of amides is 1. The monoisotopic (exact) mass is 421 g/mol. The van der Waals surface area contributed by atoms with Crippen LogP contribution in [0.3, 0.4) is 0 Å². The number of carbonyl (C=O) groups excluding carboxylic acids is 1. The van der Waals surface area contributed by atoms with Crippen LogP contribution < -0.4 is 9.64 Å². The highest BCUT2D eigenvalue weighted by Crippen LogP contribution is 2.29. The number of anilines is 1. The van der Waals surface area contributed by atoms with Gasteiger partial charge in [0.15, 0.2) is 0 Å². The molecule has 2 fully saturated rings. The van der Waals surface area contributed by atoms with E-state index in [4.69, 9.17) is 17.0 Å². The molecule has 0 aromatic heterocycles. The van der Waals surface area contributed by atoms with E-state index in [2.05, 4.69) is 29.7 Å². The maximum atomic E-state index is 12.7. The van der Waals surface area contributed by atoms with Crippen molar-refractivity contribution in [2.45, 2.75) is 45.2 Å². The fourth-order valence-electron chi connectivity index (χ4n) is 4.16. The predicted octanol–water partition coefficient (Wildman–Crippen LogP) is 3.62. The largest absolute Gasteiger partial charge is 0.495 e. The van der Waals surface area contributed by atoms with Crippen LogP contribution in [-0.4, -0.2) is 71.2 Å². The molecule has 0 unspecified atom stereocenters. The summed E-state index contributed by atoms with van der Waals surface area (Å²) in [6, 6.07) is 9.01. The van der Waals surface area contributed by atoms with E-state index < -0.39 is 0 Å². The molecule has 3 rings (SSSR count). The molecule has 2 atom stereocenters. The lowest BCUT2D eigenvalue weighted by Crippen LogP contribution is -2.50. The van der Waals surface area contributed by atoms with Crippen molar-refractivity contribution >= 4 is 39.9 Å². The number of thiocarbonyl (C=S) groups is 1. The summed E-state index contributed by atoms with van der Waals surface area (Å²) in [6.07, 6.45) is 3.63. The third-order valence-electron chi connectivity index (χ3n) is 5.78. The number of thioether (sulfide) groups is 1. The number of hydrogen-bond donors (Lipinski definition) is 0. The number of nitrogens with zero attached hydrogens (tertiary/aromatic N) is 3. The van der Waals surface area contributed by atoms with E-state index >= 15 is 0 Å². The van der Waals surface area contributed by atoms with Crippen molar-refractivity contribution < 1.29 is 9.53 Å². The van der Waals surface area contributed by atoms with Gasteiger partial charge in [0.25, 0.3) is 0 Å². The van der Waals surface area contributed by atoms with Crippen LogP contribution in [0.4, 0.5) is 5.69 Å². The van der Waals surface area contributed by atoms with Crippen molar-refractivity contribution in [1.29, 1.82) is 0 Å². The lowest BCUT2D eigenvalue weighted by atomic mass is 9.99. The molecule has 2 aliphatic rings. The summed E-state index contributed by atoms with van der Waals surface area (Å²) in [4.78, 5) is 19.3. The van der Waals surface area contributed by atoms with Gasteiger partial charge in [-0.15, -0.1) is 0 Å². The minimum atomic E-state index is 0.185. The van der Waals surface area contributed by atoms with Gasteiger partial charge in [0, 0.05) is 38.3 Å². The van der Waals surface area contributed by atoms with Gasteiger partial charge in [0.05, 0.1) is 18.6 Å². The SMILES string of the molecule is COc1ccccc1N1CCN(C(=O)CSC(=S)N2[C@@H](C)CCC[C@@H]2C)CC1. The van der Waals surface area contributed by atoms with E-state index in [0.717, 1.165) is 41.9 Å². The first-order valence-electron chi connectivity index (χ1n) is 10.1. The Hall–Kier alpha value is -1.47. The van der Waals surface area contributed by atoms with Gasteiger partial charge in [-0.25, -0.2) is 0 Å². The zero-order valence-electron chi connectivity index (χ0n) is 17.1. The number of likely N-dealkylation sites (tertiary alicyclic amines) is 1. The zero-order valence-corrected chi connectivity index (χ0v) is 18.7. The smallest absolute Gasteiger partial charge is 0.233 e. The Labute approximate surface area is 178 Å². The molecule has 154 valence electrons. The number of ether oxygens (including phenoxy) is 1. The van der Waals surface area contributed by atoms with Crippen LogP contribution in [0.1, 0.15) is 33.1 Å². The predicted molar refractivity (Wildman–Crippen MR) is 121 cm³/mol. The van der Waals surface area contributed by atoms with Gasteiger partial charge in [-0.05, 0) is 45.2 Å². The molecule has 1 amide bonds. The standard InChI is InChI=1S/C21H31N3O2S2/c1-16-7-6-8-17(2)24(16)21(27)28-15-20(25)23-13-11-22(12-14-23)18-9-4-5-10-19(18)26-3/h4-5,9-10,16-17H,6-8,11-15H2,1-3H3/t16-,17-/m0/s1. The van der Waals surface area contributed by atoms with Crippen molar-refractivity contribution in [3.05, 3.63) is 24.3 Å². The van der Waals surface area contributed by atoms with Crippen molar-refractivity contribution in [2.24, 2.45) is 0 Å². The number of methoxy groups -OCH3 is 1. The summed E-state index contributed by atoms with van der Waals surface area (Å²) in [5.74, 6) is 1.50. The van der Waals surface area contributed by atoms with Gasteiger partial charge < -0.3 is 19.4 Å². The Morgan fingerprint density at radius 1 is 1.14 bits per heavy atom. The minimum absolute atomic E-state index is 0.185. The lowest BCUT2D eigenvalue weighted by molar-refractivity contribution is -0.128. The van der Waals surface area contributed by atoms with Gasteiger partial charge in [-0.3, -0.25) is 4.79 Å². The highest BCUT2D eigenvalue weighted by Gasteiger charge is 2.28. The Morgan fingerprint density at radius 2 is 1.79 bits per heavy atom. The molecule has 1 aromatic carbocycles. The lowest BCUT2D eigenvalue weighted by Gasteiger charge is -2.40. The fourth-order valence-corrected chi connectivity index (χ4v) is 5.63. The summed E-state index contributed by atoms with van der Waals surface area (Å²) in [7, 11) is 1.70. The Balaban J connectivity index is 1.48. The number of para-hydroxylation sites is 2. The fraction of sp³-hybridized carbons (Fsp3) is 0.619. The minimum Gasteiger partial charge on any atom is -0.495 e. The van der Waals surface area contributed by atoms with Crippen molar-refractivity contribution in [3.63, 3.8) is 0 Å². The van der Waals surface area contributed by atoms with Crippen molar-refractivity contribution in [2.75, 3.05) is 43.9 Å². The van der Waals surface area contributed by atoms with E-state index in [1.54, 1.807) is 7.11 Å². The van der Waals surface area contributed by atoms with Gasteiger partial charge in [-0.1, -0.05) is 36.1 Å². The summed E-state index contributed by atoms with van der Waals surface area (Å²) in [6.45, 7) is 7.59. The number of rotatable bonds is 4. The Morgan fingerprint density at radius 3 is 2.43 bits per heavy atom. The van der Waals surface area contributed by atoms with Crippen LogP contribution in [0.15, 0.2) is 24.3 Å². The molecule has 28 heavy (non-hydrogen) atoms. The van der Waals surface area contributed by atoms with Crippen molar-refractivity contribution in [3.8, 4) is 5.75 Å². The van der Waals surface area contributed by atoms with Crippen LogP contribution in [0.5, 0.6) is 5.75 Å². The average molecular weight is 422 g/mol. The van der Waals surface area contributed by atoms with Gasteiger partial charge in [0.1, 0.15) is 10.1 Å². The summed E-state index contributed by atoms with van der Waals surface area (Å²) in [5, 5.41) is 0. The highest BCUT2D eigenvalue weighted by atomic mass is 32.2. The molecule has 7 heteroatoms. The van der Waals surface area contributed by atoms with Gasteiger partial charge in [-0.2, -0.15) is 0 Å². The van der Waals surface area contributed by atoms with E-state index in [1.807, 2.05) is 23.1 Å². The van der Waals surface area contributed by atoms with E-state index in [-0.39, 0.29) is 5.91 Å². The molecule has 0 radical (unpaired) electrons. The first kappa shape index (κ1) is 21.2.